The van der Waals surface area contributed by atoms with Crippen LogP contribution in [0.3, 0.4) is 0 Å². The zero-order valence-corrected chi connectivity index (χ0v) is 11.2. The molecule has 1 saturated heterocycles. The summed E-state index contributed by atoms with van der Waals surface area (Å²) in [6.07, 6.45) is 3.07. The van der Waals surface area contributed by atoms with Crippen LogP contribution in [-0.4, -0.2) is 62.6 Å². The molecule has 0 saturated carbocycles. The highest BCUT2D eigenvalue weighted by Crippen LogP contribution is 2.17. The summed E-state index contributed by atoms with van der Waals surface area (Å²) >= 11 is 0. The van der Waals surface area contributed by atoms with Crippen molar-refractivity contribution in [2.75, 3.05) is 32.9 Å². The van der Waals surface area contributed by atoms with Gasteiger partial charge in [-0.15, -0.1) is 0 Å². The molecule has 0 spiro atoms. The van der Waals surface area contributed by atoms with Gasteiger partial charge in [0, 0.05) is 31.7 Å². The van der Waals surface area contributed by atoms with Crippen LogP contribution in [-0.2, 0) is 10.0 Å². The second-order valence-electron chi connectivity index (χ2n) is 4.81. The van der Waals surface area contributed by atoms with Crippen LogP contribution in [0.5, 0.6) is 0 Å². The van der Waals surface area contributed by atoms with E-state index in [-0.39, 0.29) is 6.04 Å². The Morgan fingerprint density at radius 3 is 2.31 bits per heavy atom. The molecule has 0 aromatic heterocycles. The number of nitrogens with two attached hydrogens (primary N) is 1. The van der Waals surface area contributed by atoms with Crippen LogP contribution >= 0.6 is 0 Å². The average Bonchev–Trinajstić information content (AvgIpc) is 2.15. The fourth-order valence-corrected chi connectivity index (χ4v) is 3.09. The fourth-order valence-electron chi connectivity index (χ4n) is 2.22. The minimum Gasteiger partial charge on any atom is -0.327 e. The molecule has 2 N–H and O–H groups in total. The van der Waals surface area contributed by atoms with Crippen LogP contribution in [0.2, 0.25) is 0 Å². The maximum Gasteiger partial charge on any atom is 0.211 e. The summed E-state index contributed by atoms with van der Waals surface area (Å²) in [6.45, 7) is 4.12. The van der Waals surface area contributed by atoms with E-state index in [0.717, 1.165) is 19.4 Å². The largest absolute Gasteiger partial charge is 0.327 e. The monoisotopic (exact) mass is 249 g/mol. The minimum atomic E-state index is -3.01. The molecule has 5 nitrogen and oxygen atoms in total. The van der Waals surface area contributed by atoms with E-state index >= 15 is 0 Å². The van der Waals surface area contributed by atoms with Crippen LogP contribution in [0.25, 0.3) is 0 Å². The van der Waals surface area contributed by atoms with Gasteiger partial charge >= 0.3 is 0 Å². The van der Waals surface area contributed by atoms with Crippen molar-refractivity contribution in [3.63, 3.8) is 0 Å². The van der Waals surface area contributed by atoms with Gasteiger partial charge in [0.25, 0.3) is 0 Å². The summed E-state index contributed by atoms with van der Waals surface area (Å²) in [5.41, 5.74) is 5.75. The Morgan fingerprint density at radius 1 is 1.44 bits per heavy atom. The molecule has 16 heavy (non-hydrogen) atoms. The number of hydrogen-bond acceptors (Lipinski definition) is 4. The molecule has 96 valence electrons. The topological polar surface area (TPSA) is 66.6 Å². The second-order valence-corrected chi connectivity index (χ2v) is 6.79. The van der Waals surface area contributed by atoms with Crippen LogP contribution in [0.4, 0.5) is 0 Å². The standard InChI is InChI=1S/C10H23N3O2S/c1-9(11)8-12(2)10-4-6-13(7-5-10)16(3,14)15/h9-10H,4-8,11H2,1-3H3. The first-order chi connectivity index (χ1) is 7.30. The van der Waals surface area contributed by atoms with Crippen LogP contribution in [0.1, 0.15) is 19.8 Å². The summed E-state index contributed by atoms with van der Waals surface area (Å²) in [4.78, 5) is 2.24. The lowest BCUT2D eigenvalue weighted by Crippen LogP contribution is -2.47. The third-order valence-corrected chi connectivity index (χ3v) is 4.39. The van der Waals surface area contributed by atoms with Gasteiger partial charge in [0.05, 0.1) is 6.26 Å². The smallest absolute Gasteiger partial charge is 0.211 e. The first-order valence-electron chi connectivity index (χ1n) is 5.71. The highest BCUT2D eigenvalue weighted by molar-refractivity contribution is 7.88. The molecule has 0 aromatic rings. The van der Waals surface area contributed by atoms with Gasteiger partial charge in [0.1, 0.15) is 0 Å². The summed E-state index contributed by atoms with van der Waals surface area (Å²) in [7, 11) is -0.948. The molecule has 0 amide bonds. The lowest BCUT2D eigenvalue weighted by molar-refractivity contribution is 0.163. The number of piperidine rings is 1. The normalized spacial score (nSPS) is 22.6. The molecule has 0 aromatic carbocycles. The van der Waals surface area contributed by atoms with E-state index in [2.05, 4.69) is 11.9 Å². The summed E-state index contributed by atoms with van der Waals surface area (Å²) in [6, 6.07) is 0.627. The molecule has 6 heteroatoms. The Morgan fingerprint density at radius 2 is 1.94 bits per heavy atom. The van der Waals surface area contributed by atoms with Gasteiger partial charge in [0.15, 0.2) is 0 Å². The summed E-state index contributed by atoms with van der Waals surface area (Å²) < 4.78 is 24.2. The molecule has 1 aliphatic rings. The highest BCUT2D eigenvalue weighted by atomic mass is 32.2. The van der Waals surface area contributed by atoms with Gasteiger partial charge in [0.2, 0.25) is 10.0 Å². The Balaban J connectivity index is 2.43. The Bertz CT molecular complexity index is 308. The van der Waals surface area contributed by atoms with Crippen LogP contribution < -0.4 is 5.73 Å². The first kappa shape index (κ1) is 13.9. The van der Waals surface area contributed by atoms with Crippen molar-refractivity contribution >= 4 is 10.0 Å². The second kappa shape index (κ2) is 5.44. The van der Waals surface area contributed by atoms with Crippen molar-refractivity contribution in [2.45, 2.75) is 31.8 Å². The van der Waals surface area contributed by atoms with E-state index in [1.165, 1.54) is 6.26 Å². The van der Waals surface area contributed by atoms with Crippen molar-refractivity contribution in [3.05, 3.63) is 0 Å². The number of hydrogen-bond donors (Lipinski definition) is 1. The number of rotatable bonds is 4. The highest BCUT2D eigenvalue weighted by Gasteiger charge is 2.26. The minimum absolute atomic E-state index is 0.165. The van der Waals surface area contributed by atoms with Crippen molar-refractivity contribution < 1.29 is 8.42 Å². The maximum absolute atomic E-state index is 11.3. The van der Waals surface area contributed by atoms with E-state index in [1.807, 2.05) is 6.92 Å². The fraction of sp³-hybridized carbons (Fsp3) is 1.00. The van der Waals surface area contributed by atoms with Crippen LogP contribution in [0, 0.1) is 0 Å². The SMILES string of the molecule is CC(N)CN(C)C1CCN(S(C)(=O)=O)CC1. The molecule has 0 radical (unpaired) electrons. The van der Waals surface area contributed by atoms with E-state index in [9.17, 15) is 8.42 Å². The molecule has 1 atom stereocenters. The Kier molecular flexibility index (Phi) is 4.73. The van der Waals surface area contributed by atoms with Gasteiger partial charge in [-0.25, -0.2) is 12.7 Å². The molecular formula is C10H23N3O2S. The van der Waals surface area contributed by atoms with E-state index in [0.29, 0.717) is 19.1 Å². The quantitative estimate of drug-likeness (QED) is 0.742. The summed E-state index contributed by atoms with van der Waals surface area (Å²) in [5.74, 6) is 0. The lowest BCUT2D eigenvalue weighted by Gasteiger charge is -2.36. The molecule has 0 bridgehead atoms. The molecule has 1 fully saturated rings. The average molecular weight is 249 g/mol. The molecule has 1 unspecified atom stereocenters. The molecular weight excluding hydrogens is 226 g/mol. The van der Waals surface area contributed by atoms with Gasteiger partial charge in [-0.05, 0) is 26.8 Å². The Labute approximate surface area is 98.6 Å². The number of sulfonamides is 1. The van der Waals surface area contributed by atoms with Crippen molar-refractivity contribution in [2.24, 2.45) is 5.73 Å². The molecule has 1 rings (SSSR count). The molecule has 1 heterocycles. The zero-order valence-electron chi connectivity index (χ0n) is 10.4. The predicted molar refractivity (Wildman–Crippen MR) is 65.7 cm³/mol. The third kappa shape index (κ3) is 4.01. The van der Waals surface area contributed by atoms with Crippen molar-refractivity contribution in [3.8, 4) is 0 Å². The number of nitrogens with zero attached hydrogens (tertiary/aromatic N) is 2. The number of likely N-dealkylation sites (N-methyl/N-ethyl adjacent to an activating group) is 1. The van der Waals surface area contributed by atoms with Gasteiger partial charge in [-0.2, -0.15) is 0 Å². The zero-order chi connectivity index (χ0) is 12.3. The van der Waals surface area contributed by atoms with Gasteiger partial charge in [-0.3, -0.25) is 0 Å². The lowest BCUT2D eigenvalue weighted by atomic mass is 10.1. The van der Waals surface area contributed by atoms with E-state index < -0.39 is 10.0 Å². The molecule has 0 aliphatic carbocycles. The van der Waals surface area contributed by atoms with E-state index in [4.69, 9.17) is 5.73 Å². The maximum atomic E-state index is 11.3. The Hall–Kier alpha value is -0.170. The van der Waals surface area contributed by atoms with Crippen LogP contribution in [0.15, 0.2) is 0 Å². The van der Waals surface area contributed by atoms with Gasteiger partial charge in [-0.1, -0.05) is 0 Å². The third-order valence-electron chi connectivity index (χ3n) is 3.09. The predicted octanol–water partition coefficient (Wildman–Crippen LogP) is -0.311. The van der Waals surface area contributed by atoms with E-state index in [1.54, 1.807) is 4.31 Å². The molecule has 1 aliphatic heterocycles. The van der Waals surface area contributed by atoms with Crippen molar-refractivity contribution in [1.82, 2.24) is 9.21 Å². The van der Waals surface area contributed by atoms with Gasteiger partial charge < -0.3 is 10.6 Å². The van der Waals surface area contributed by atoms with Crippen molar-refractivity contribution in [1.29, 1.82) is 0 Å². The summed E-state index contributed by atoms with van der Waals surface area (Å²) in [5, 5.41) is 0. The first-order valence-corrected chi connectivity index (χ1v) is 7.56.